The molecule has 1 fully saturated rings. The summed E-state index contributed by atoms with van der Waals surface area (Å²) in [6.07, 6.45) is 1.06. The van der Waals surface area contributed by atoms with Gasteiger partial charge in [-0.15, -0.1) is 0 Å². The first-order valence-electron chi connectivity index (χ1n) is 11.3. The molecule has 4 rings (SSSR count). The minimum atomic E-state index is -0.351. The molecule has 178 valence electrons. The van der Waals surface area contributed by atoms with Crippen molar-refractivity contribution in [2.45, 2.75) is 26.3 Å². The molecule has 9 heteroatoms. The zero-order chi connectivity index (χ0) is 24.2. The number of aromatic nitrogens is 2. The van der Waals surface area contributed by atoms with Crippen LogP contribution in [-0.2, 0) is 18.4 Å². The summed E-state index contributed by atoms with van der Waals surface area (Å²) in [5, 5.41) is 5.66. The maximum Gasteiger partial charge on any atom is 0.322 e. The van der Waals surface area contributed by atoms with E-state index >= 15 is 0 Å². The highest BCUT2D eigenvalue weighted by molar-refractivity contribution is 5.90. The minimum Gasteiger partial charge on any atom is -0.352 e. The van der Waals surface area contributed by atoms with Gasteiger partial charge in [-0.3, -0.25) is 14.3 Å². The number of anilines is 1. The number of carbonyl (C=O) groups excluding carboxylic acids is 2. The molecule has 0 unspecified atom stereocenters. The Morgan fingerprint density at radius 1 is 1.03 bits per heavy atom. The largest absolute Gasteiger partial charge is 0.352 e. The number of nitrogens with zero attached hydrogens (tertiary/aromatic N) is 3. The zero-order valence-electron chi connectivity index (χ0n) is 19.3. The monoisotopic (exact) mass is 465 g/mol. The van der Waals surface area contributed by atoms with Crippen molar-refractivity contribution in [3.63, 3.8) is 0 Å². The number of urea groups is 1. The summed E-state index contributed by atoms with van der Waals surface area (Å²) >= 11 is 0. The molecule has 2 N–H and O–H groups in total. The molecule has 3 amide bonds. The van der Waals surface area contributed by atoms with E-state index < -0.39 is 0 Å². The van der Waals surface area contributed by atoms with Crippen molar-refractivity contribution in [3.05, 3.63) is 82.0 Å². The molecule has 1 aromatic heterocycles. The van der Waals surface area contributed by atoms with Gasteiger partial charge in [0.1, 0.15) is 11.5 Å². The van der Waals surface area contributed by atoms with Crippen LogP contribution in [0.3, 0.4) is 0 Å². The van der Waals surface area contributed by atoms with Crippen molar-refractivity contribution in [2.75, 3.05) is 18.4 Å². The highest BCUT2D eigenvalue weighted by Gasteiger charge is 2.28. The number of hydrogen-bond acceptors (Lipinski definition) is 3. The molecule has 3 aromatic rings. The summed E-state index contributed by atoms with van der Waals surface area (Å²) in [7, 11) is 1.77. The smallest absolute Gasteiger partial charge is 0.322 e. The fraction of sp³-hybridized carbons (Fsp3) is 0.320. The van der Waals surface area contributed by atoms with Crippen LogP contribution < -0.4 is 16.2 Å². The molecule has 1 aliphatic rings. The van der Waals surface area contributed by atoms with E-state index in [-0.39, 0.29) is 34.9 Å². The van der Waals surface area contributed by atoms with Crippen LogP contribution in [0.4, 0.5) is 14.9 Å². The van der Waals surface area contributed by atoms with Crippen LogP contribution in [0.25, 0.3) is 5.69 Å². The second-order valence-electron chi connectivity index (χ2n) is 8.47. The lowest BCUT2D eigenvalue weighted by atomic mass is 9.96. The quantitative estimate of drug-likeness (QED) is 0.607. The van der Waals surface area contributed by atoms with Crippen molar-refractivity contribution in [1.82, 2.24) is 19.6 Å². The second kappa shape index (κ2) is 9.94. The number of rotatable bonds is 5. The number of benzene rings is 2. The molecular formula is C25H28FN5O3. The summed E-state index contributed by atoms with van der Waals surface area (Å²) in [5.74, 6) is -0.585. The number of likely N-dealkylation sites (tertiary alicyclic amines) is 1. The number of nitrogens with one attached hydrogen (secondary N) is 2. The average Bonchev–Trinajstić information content (AvgIpc) is 3.07. The molecule has 0 aliphatic carbocycles. The normalized spacial score (nSPS) is 14.1. The summed E-state index contributed by atoms with van der Waals surface area (Å²) in [5.41, 5.74) is 2.14. The molecular weight excluding hydrogens is 437 g/mol. The average molecular weight is 466 g/mol. The standard InChI is InChI=1S/C25H28FN5O3/c1-17-22(24(33)31(29(17)2)21-6-4-3-5-7-21)28-25(34)30-14-12-19(13-15-30)23(32)27-16-18-8-10-20(26)11-9-18/h3-11,19H,12-16H2,1-2H3,(H,27,32)(H,28,34). The maximum absolute atomic E-state index is 13.0. The Hall–Kier alpha value is -3.88. The van der Waals surface area contributed by atoms with Gasteiger partial charge in [-0.05, 0) is 49.6 Å². The van der Waals surface area contributed by atoms with Gasteiger partial charge in [0.25, 0.3) is 5.56 Å². The Bertz CT molecular complexity index is 1230. The van der Waals surface area contributed by atoms with E-state index in [2.05, 4.69) is 10.6 Å². The molecule has 2 aromatic carbocycles. The first-order valence-corrected chi connectivity index (χ1v) is 11.3. The molecule has 0 saturated carbocycles. The van der Waals surface area contributed by atoms with E-state index in [9.17, 15) is 18.8 Å². The number of carbonyl (C=O) groups is 2. The van der Waals surface area contributed by atoms with E-state index in [4.69, 9.17) is 0 Å². The van der Waals surface area contributed by atoms with Crippen molar-refractivity contribution in [1.29, 1.82) is 0 Å². The Balaban J connectivity index is 1.34. The molecule has 1 aliphatic heterocycles. The van der Waals surface area contributed by atoms with Crippen LogP contribution in [0, 0.1) is 18.7 Å². The van der Waals surface area contributed by atoms with Crippen LogP contribution >= 0.6 is 0 Å². The SMILES string of the molecule is Cc1c(NC(=O)N2CCC(C(=O)NCc3ccc(F)cc3)CC2)c(=O)n(-c2ccccc2)n1C. The summed E-state index contributed by atoms with van der Waals surface area (Å²) < 4.78 is 16.2. The first kappa shape index (κ1) is 23.3. The van der Waals surface area contributed by atoms with Gasteiger partial charge in [0.05, 0.1) is 11.4 Å². The molecule has 0 spiro atoms. The maximum atomic E-state index is 13.0. The first-order chi connectivity index (χ1) is 16.3. The van der Waals surface area contributed by atoms with Crippen molar-refractivity contribution >= 4 is 17.6 Å². The van der Waals surface area contributed by atoms with E-state index in [0.29, 0.717) is 43.9 Å². The zero-order valence-corrected chi connectivity index (χ0v) is 19.3. The fourth-order valence-corrected chi connectivity index (χ4v) is 4.18. The van der Waals surface area contributed by atoms with E-state index in [1.807, 2.05) is 30.3 Å². The van der Waals surface area contributed by atoms with Crippen LogP contribution in [-0.4, -0.2) is 39.3 Å². The number of para-hydroxylation sites is 1. The highest BCUT2D eigenvalue weighted by Crippen LogP contribution is 2.20. The van der Waals surface area contributed by atoms with E-state index in [1.54, 1.807) is 35.7 Å². The molecule has 0 atom stereocenters. The van der Waals surface area contributed by atoms with Gasteiger partial charge in [-0.25, -0.2) is 13.9 Å². The van der Waals surface area contributed by atoms with Crippen molar-refractivity contribution in [3.8, 4) is 5.69 Å². The summed E-state index contributed by atoms with van der Waals surface area (Å²) in [6, 6.07) is 14.9. The lowest BCUT2D eigenvalue weighted by Gasteiger charge is -2.31. The van der Waals surface area contributed by atoms with Gasteiger partial charge >= 0.3 is 6.03 Å². The Morgan fingerprint density at radius 2 is 1.68 bits per heavy atom. The van der Waals surface area contributed by atoms with Crippen molar-refractivity contribution < 1.29 is 14.0 Å². The number of halogens is 1. The molecule has 0 radical (unpaired) electrons. The second-order valence-corrected chi connectivity index (χ2v) is 8.47. The summed E-state index contributed by atoms with van der Waals surface area (Å²) in [4.78, 5) is 40.0. The molecule has 8 nitrogen and oxygen atoms in total. The van der Waals surface area contributed by atoms with Crippen LogP contribution in [0.15, 0.2) is 59.4 Å². The van der Waals surface area contributed by atoms with E-state index in [1.165, 1.54) is 16.8 Å². The van der Waals surface area contributed by atoms with Crippen LogP contribution in [0.1, 0.15) is 24.1 Å². The Labute approximate surface area is 197 Å². The van der Waals surface area contributed by atoms with Gasteiger partial charge in [0.2, 0.25) is 5.91 Å². The van der Waals surface area contributed by atoms with Crippen LogP contribution in [0.5, 0.6) is 0 Å². The van der Waals surface area contributed by atoms with Gasteiger partial charge < -0.3 is 15.5 Å². The van der Waals surface area contributed by atoms with Gasteiger partial charge in [-0.1, -0.05) is 30.3 Å². The molecule has 2 heterocycles. The number of piperidine rings is 1. The molecule has 1 saturated heterocycles. The predicted octanol–water partition coefficient (Wildman–Crippen LogP) is 3.18. The molecule has 34 heavy (non-hydrogen) atoms. The Morgan fingerprint density at radius 3 is 2.32 bits per heavy atom. The van der Waals surface area contributed by atoms with E-state index in [0.717, 1.165) is 5.56 Å². The number of amides is 3. The topological polar surface area (TPSA) is 88.4 Å². The fourth-order valence-electron chi connectivity index (χ4n) is 4.18. The van der Waals surface area contributed by atoms with Gasteiger partial charge in [0, 0.05) is 32.6 Å². The molecule has 0 bridgehead atoms. The third kappa shape index (κ3) is 4.88. The lowest BCUT2D eigenvalue weighted by Crippen LogP contribution is -2.45. The highest BCUT2D eigenvalue weighted by atomic mass is 19.1. The van der Waals surface area contributed by atoms with Gasteiger partial charge in [0.15, 0.2) is 0 Å². The van der Waals surface area contributed by atoms with Crippen molar-refractivity contribution in [2.24, 2.45) is 13.0 Å². The lowest BCUT2D eigenvalue weighted by molar-refractivity contribution is -0.126. The third-order valence-electron chi connectivity index (χ3n) is 6.32. The minimum absolute atomic E-state index is 0.0750. The predicted molar refractivity (Wildman–Crippen MR) is 127 cm³/mol. The van der Waals surface area contributed by atoms with Gasteiger partial charge in [-0.2, -0.15) is 0 Å². The third-order valence-corrected chi connectivity index (χ3v) is 6.32. The number of hydrogen-bond donors (Lipinski definition) is 2. The summed E-state index contributed by atoms with van der Waals surface area (Å²) in [6.45, 7) is 2.95. The Kier molecular flexibility index (Phi) is 6.81. The van der Waals surface area contributed by atoms with Crippen LogP contribution in [0.2, 0.25) is 0 Å².